The maximum Gasteiger partial charge on any atom is 0.410 e. The number of hydrogen-bond donors (Lipinski definition) is 1. The first-order chi connectivity index (χ1) is 21.7. The van der Waals surface area contributed by atoms with Crippen LogP contribution in [0.2, 0.25) is 0 Å². The smallest absolute Gasteiger partial charge is 0.410 e. The first-order valence-corrected chi connectivity index (χ1v) is 15.1. The Morgan fingerprint density at radius 3 is 2.58 bits per heavy atom. The molecule has 1 N–H and O–H groups in total. The number of piperidine rings is 1. The molecule has 1 amide bonds. The maximum atomic E-state index is 12.7. The molecule has 10 nitrogen and oxygen atoms in total. The summed E-state index contributed by atoms with van der Waals surface area (Å²) in [7, 11) is 0. The molecule has 230 valence electrons. The second-order valence-corrected chi connectivity index (χ2v) is 12.0. The highest BCUT2D eigenvalue weighted by Gasteiger charge is 2.28. The van der Waals surface area contributed by atoms with E-state index in [-0.39, 0.29) is 12.1 Å². The van der Waals surface area contributed by atoms with Gasteiger partial charge >= 0.3 is 6.09 Å². The third kappa shape index (κ3) is 7.12. The van der Waals surface area contributed by atoms with Crippen LogP contribution >= 0.6 is 0 Å². The number of benzene rings is 2. The van der Waals surface area contributed by atoms with Crippen molar-refractivity contribution in [3.63, 3.8) is 0 Å². The summed E-state index contributed by atoms with van der Waals surface area (Å²) >= 11 is 0. The number of fused-ring (bicyclic) bond motifs is 1. The molecule has 1 saturated heterocycles. The predicted octanol–water partition coefficient (Wildman–Crippen LogP) is 7.79. The minimum atomic E-state index is -0.543. The molecule has 3 aromatic heterocycles. The third-order valence-corrected chi connectivity index (χ3v) is 7.33. The van der Waals surface area contributed by atoms with Gasteiger partial charge in [0.1, 0.15) is 17.1 Å². The third-order valence-electron chi connectivity index (χ3n) is 7.33. The summed E-state index contributed by atoms with van der Waals surface area (Å²) < 4.78 is 18.3. The van der Waals surface area contributed by atoms with E-state index < -0.39 is 5.60 Å². The fourth-order valence-corrected chi connectivity index (χ4v) is 5.27. The van der Waals surface area contributed by atoms with Crippen LogP contribution in [0.25, 0.3) is 22.0 Å². The summed E-state index contributed by atoms with van der Waals surface area (Å²) in [5.74, 6) is 2.75. The molecular formula is C35H36N6O4. The van der Waals surface area contributed by atoms with Crippen LogP contribution in [-0.4, -0.2) is 55.7 Å². The summed E-state index contributed by atoms with van der Waals surface area (Å²) in [6.07, 6.45) is 6.54. The molecule has 4 heterocycles. The van der Waals surface area contributed by atoms with Crippen molar-refractivity contribution in [3.8, 4) is 34.5 Å². The van der Waals surface area contributed by atoms with E-state index in [0.29, 0.717) is 48.0 Å². The topological polar surface area (TPSA) is 112 Å². The molecule has 2 aromatic carbocycles. The monoisotopic (exact) mass is 604 g/mol. The van der Waals surface area contributed by atoms with Gasteiger partial charge < -0.3 is 24.4 Å². The van der Waals surface area contributed by atoms with Crippen molar-refractivity contribution in [2.75, 3.05) is 18.4 Å². The molecule has 0 saturated carbocycles. The van der Waals surface area contributed by atoms with Gasteiger partial charge in [-0.15, -0.1) is 0 Å². The summed E-state index contributed by atoms with van der Waals surface area (Å²) in [5.41, 5.74) is 1.79. The van der Waals surface area contributed by atoms with Gasteiger partial charge in [-0.1, -0.05) is 30.3 Å². The molecule has 0 aliphatic carbocycles. The number of aryl methyl sites for hydroxylation is 1. The van der Waals surface area contributed by atoms with Crippen molar-refractivity contribution in [1.82, 2.24) is 24.8 Å². The van der Waals surface area contributed by atoms with Gasteiger partial charge in [0.25, 0.3) is 0 Å². The zero-order valence-electron chi connectivity index (χ0n) is 25.9. The average molecular weight is 605 g/mol. The lowest BCUT2D eigenvalue weighted by atomic mass is 10.0. The lowest BCUT2D eigenvalue weighted by Crippen LogP contribution is -2.47. The van der Waals surface area contributed by atoms with Crippen molar-refractivity contribution in [2.24, 2.45) is 0 Å². The van der Waals surface area contributed by atoms with Gasteiger partial charge in [-0.05, 0) is 76.4 Å². The standard InChI is InChI=1S/C35H36N6O4/c1-23-15-16-25-26(11-7-13-29(25)43-30-14-5-6-18-36-30)31(23)44-32-27(12-8-19-37-32)28-17-20-38-33(40-28)39-24-10-9-21-41(22-24)34(42)45-35(2,3)4/h5-8,11-20,24H,9-10,21-22H2,1-4H3,(H,38,39,40). The minimum absolute atomic E-state index is 0.00743. The van der Waals surface area contributed by atoms with Crippen LogP contribution in [0.15, 0.2) is 85.3 Å². The first-order valence-electron chi connectivity index (χ1n) is 15.1. The maximum absolute atomic E-state index is 12.7. The number of anilines is 1. The summed E-state index contributed by atoms with van der Waals surface area (Å²) in [6.45, 7) is 8.79. The van der Waals surface area contributed by atoms with Crippen molar-refractivity contribution in [3.05, 3.63) is 90.9 Å². The highest BCUT2D eigenvalue weighted by Crippen LogP contribution is 2.40. The normalized spacial score (nSPS) is 15.0. The van der Waals surface area contributed by atoms with Crippen LogP contribution in [-0.2, 0) is 4.74 Å². The number of nitrogens with one attached hydrogen (secondary N) is 1. The number of nitrogens with zero attached hydrogens (tertiary/aromatic N) is 5. The summed E-state index contributed by atoms with van der Waals surface area (Å²) in [5, 5.41) is 5.19. The van der Waals surface area contributed by atoms with E-state index in [9.17, 15) is 4.79 Å². The number of likely N-dealkylation sites (tertiary alicyclic amines) is 1. The first kappa shape index (κ1) is 29.8. The van der Waals surface area contributed by atoms with Crippen molar-refractivity contribution in [1.29, 1.82) is 0 Å². The van der Waals surface area contributed by atoms with E-state index in [0.717, 1.165) is 34.7 Å². The Hall–Kier alpha value is -5.25. The fourth-order valence-electron chi connectivity index (χ4n) is 5.27. The molecule has 1 unspecified atom stereocenters. The van der Waals surface area contributed by atoms with Gasteiger partial charge in [-0.3, -0.25) is 0 Å². The van der Waals surface area contributed by atoms with Crippen LogP contribution in [0.1, 0.15) is 39.2 Å². The van der Waals surface area contributed by atoms with Crippen molar-refractivity contribution in [2.45, 2.75) is 52.2 Å². The molecule has 0 radical (unpaired) electrons. The number of hydrogen-bond acceptors (Lipinski definition) is 9. The number of rotatable bonds is 7. The molecule has 45 heavy (non-hydrogen) atoms. The van der Waals surface area contributed by atoms with Gasteiger partial charge in [-0.2, -0.15) is 0 Å². The Kier molecular flexibility index (Phi) is 8.46. The van der Waals surface area contributed by atoms with Gasteiger partial charge in [0, 0.05) is 54.6 Å². The Morgan fingerprint density at radius 1 is 0.889 bits per heavy atom. The second-order valence-electron chi connectivity index (χ2n) is 12.0. The van der Waals surface area contributed by atoms with Crippen LogP contribution in [0.5, 0.6) is 23.3 Å². The van der Waals surface area contributed by atoms with Gasteiger partial charge in [0.15, 0.2) is 0 Å². The SMILES string of the molecule is Cc1ccc2c(Oc3ccccn3)cccc2c1Oc1ncccc1-c1ccnc(NC2CCCN(C(=O)OC(C)(C)C)C2)n1. The van der Waals surface area contributed by atoms with Crippen LogP contribution in [0, 0.1) is 6.92 Å². The Bertz CT molecular complexity index is 1810. The minimum Gasteiger partial charge on any atom is -0.444 e. The summed E-state index contributed by atoms with van der Waals surface area (Å²) in [4.78, 5) is 32.6. The Morgan fingerprint density at radius 2 is 1.76 bits per heavy atom. The fraction of sp³-hybridized carbons (Fsp3) is 0.286. The van der Waals surface area contributed by atoms with Crippen LogP contribution < -0.4 is 14.8 Å². The zero-order chi connectivity index (χ0) is 31.4. The highest BCUT2D eigenvalue weighted by molar-refractivity contribution is 5.94. The van der Waals surface area contributed by atoms with E-state index in [1.807, 2.05) is 94.4 Å². The van der Waals surface area contributed by atoms with Gasteiger partial charge in [-0.25, -0.2) is 24.7 Å². The van der Waals surface area contributed by atoms with Gasteiger partial charge in [0.2, 0.25) is 17.7 Å². The molecule has 1 atom stereocenters. The molecule has 5 aromatic rings. The number of pyridine rings is 2. The van der Waals surface area contributed by atoms with E-state index in [2.05, 4.69) is 20.3 Å². The van der Waals surface area contributed by atoms with Crippen LogP contribution in [0.3, 0.4) is 0 Å². The Labute approximate surface area is 262 Å². The lowest BCUT2D eigenvalue weighted by Gasteiger charge is -2.34. The molecule has 1 aliphatic rings. The lowest BCUT2D eigenvalue weighted by molar-refractivity contribution is 0.0206. The highest BCUT2D eigenvalue weighted by atomic mass is 16.6. The van der Waals surface area contributed by atoms with E-state index in [1.165, 1.54) is 0 Å². The number of carbonyl (C=O) groups excluding carboxylic acids is 1. The van der Waals surface area contributed by atoms with Crippen molar-refractivity contribution >= 4 is 22.8 Å². The second kappa shape index (κ2) is 12.8. The number of aromatic nitrogens is 4. The van der Waals surface area contributed by atoms with E-state index in [1.54, 1.807) is 23.5 Å². The number of carbonyl (C=O) groups is 1. The largest absolute Gasteiger partial charge is 0.444 e. The molecule has 0 bridgehead atoms. The van der Waals surface area contributed by atoms with Gasteiger partial charge in [0.05, 0.1) is 11.3 Å². The quantitative estimate of drug-likeness (QED) is 0.199. The Balaban J connectivity index is 1.24. The van der Waals surface area contributed by atoms with Crippen LogP contribution in [0.4, 0.5) is 10.7 Å². The predicted molar refractivity (Wildman–Crippen MR) is 173 cm³/mol. The van der Waals surface area contributed by atoms with E-state index >= 15 is 0 Å². The number of ether oxygens (including phenoxy) is 3. The van der Waals surface area contributed by atoms with E-state index in [4.69, 9.17) is 19.2 Å². The number of amides is 1. The zero-order valence-corrected chi connectivity index (χ0v) is 25.9. The summed E-state index contributed by atoms with van der Waals surface area (Å²) in [6, 6.07) is 21.0. The molecule has 10 heteroatoms. The molecule has 0 spiro atoms. The molecule has 1 fully saturated rings. The molecular weight excluding hydrogens is 568 g/mol. The molecule has 6 rings (SSSR count). The van der Waals surface area contributed by atoms with Crippen molar-refractivity contribution < 1.29 is 19.0 Å². The average Bonchev–Trinajstić information content (AvgIpc) is 3.03. The molecule has 1 aliphatic heterocycles.